The fourth-order valence-corrected chi connectivity index (χ4v) is 6.71. The van der Waals surface area contributed by atoms with Gasteiger partial charge in [-0.3, -0.25) is 4.79 Å². The van der Waals surface area contributed by atoms with Gasteiger partial charge >= 0.3 is 0 Å². The Kier molecular flexibility index (Phi) is 3.58. The molecule has 25 heavy (non-hydrogen) atoms. The van der Waals surface area contributed by atoms with Crippen LogP contribution >= 0.6 is 0 Å². The van der Waals surface area contributed by atoms with Gasteiger partial charge in [0.15, 0.2) is 0 Å². The second-order valence-corrected chi connectivity index (χ2v) is 9.18. The highest BCUT2D eigenvalue weighted by atomic mass is 16.2. The number of hydrogen-bond acceptors (Lipinski definition) is 3. The van der Waals surface area contributed by atoms with Gasteiger partial charge in [0.25, 0.3) is 0 Å². The maximum Gasteiger partial charge on any atom is 0.228 e. The summed E-state index contributed by atoms with van der Waals surface area (Å²) in [5, 5.41) is 0. The van der Waals surface area contributed by atoms with Gasteiger partial charge in [-0.15, -0.1) is 0 Å². The molecule has 1 aromatic heterocycles. The predicted octanol–water partition coefficient (Wildman–Crippen LogP) is 3.34. The van der Waals surface area contributed by atoms with Crippen LogP contribution in [0.15, 0.2) is 24.4 Å². The molecular formula is C21H29N3O. The molecule has 0 spiro atoms. The zero-order valence-corrected chi connectivity index (χ0v) is 15.2. The smallest absolute Gasteiger partial charge is 0.228 e. The summed E-state index contributed by atoms with van der Waals surface area (Å²) in [6, 6.07) is 6.41. The summed E-state index contributed by atoms with van der Waals surface area (Å²) in [6.45, 7) is 4.82. The van der Waals surface area contributed by atoms with E-state index in [-0.39, 0.29) is 5.41 Å². The van der Waals surface area contributed by atoms with Crippen LogP contribution in [0.5, 0.6) is 0 Å². The van der Waals surface area contributed by atoms with E-state index in [1.807, 2.05) is 18.3 Å². The van der Waals surface area contributed by atoms with Gasteiger partial charge in [-0.1, -0.05) is 6.07 Å². The van der Waals surface area contributed by atoms with Gasteiger partial charge in [0, 0.05) is 31.9 Å². The molecule has 4 heteroatoms. The number of aromatic nitrogens is 1. The highest BCUT2D eigenvalue weighted by molar-refractivity contribution is 5.83. The lowest BCUT2D eigenvalue weighted by atomic mass is 9.49. The van der Waals surface area contributed by atoms with Crippen molar-refractivity contribution in [1.29, 1.82) is 0 Å². The molecule has 4 nitrogen and oxygen atoms in total. The monoisotopic (exact) mass is 339 g/mol. The number of nitrogens with zero attached hydrogens (tertiary/aromatic N) is 3. The Hall–Kier alpha value is -1.58. The molecule has 4 aliphatic carbocycles. The number of pyridine rings is 1. The zero-order chi connectivity index (χ0) is 17.0. The average molecular weight is 339 g/mol. The van der Waals surface area contributed by atoms with E-state index < -0.39 is 0 Å². The van der Waals surface area contributed by atoms with E-state index in [0.717, 1.165) is 43.2 Å². The topological polar surface area (TPSA) is 36.4 Å². The van der Waals surface area contributed by atoms with Crippen molar-refractivity contribution in [3.05, 3.63) is 24.4 Å². The molecule has 1 saturated heterocycles. The van der Waals surface area contributed by atoms with Crippen molar-refractivity contribution in [1.82, 2.24) is 9.88 Å². The number of rotatable bonds is 2. The normalized spacial score (nSPS) is 39.7. The Morgan fingerprint density at radius 2 is 1.76 bits per heavy atom. The van der Waals surface area contributed by atoms with Crippen LogP contribution in [0.1, 0.15) is 45.4 Å². The first kappa shape index (κ1) is 15.7. The number of carbonyl (C=O) groups is 1. The molecule has 4 saturated carbocycles. The quantitative estimate of drug-likeness (QED) is 0.829. The van der Waals surface area contributed by atoms with Gasteiger partial charge in [-0.2, -0.15) is 0 Å². The summed E-state index contributed by atoms with van der Waals surface area (Å²) in [6.07, 6.45) is 9.57. The van der Waals surface area contributed by atoms with Crippen LogP contribution in [0.25, 0.3) is 0 Å². The largest absolute Gasteiger partial charge is 0.350 e. The minimum Gasteiger partial charge on any atom is -0.350 e. The summed E-state index contributed by atoms with van der Waals surface area (Å²) in [7, 11) is 0. The molecule has 0 N–H and O–H groups in total. The van der Waals surface area contributed by atoms with Crippen LogP contribution in [0.3, 0.4) is 0 Å². The highest BCUT2D eigenvalue weighted by Gasteiger charge is 2.55. The van der Waals surface area contributed by atoms with E-state index in [0.29, 0.717) is 11.9 Å². The SMILES string of the molecule is C[C@H]1CN(C(=O)C23CC4CC(CC(C4)C2)C3)CCN1c1ccccn1. The maximum atomic E-state index is 13.5. The van der Waals surface area contributed by atoms with E-state index >= 15 is 0 Å². The number of anilines is 1. The molecule has 0 radical (unpaired) electrons. The molecule has 4 bridgehead atoms. The van der Waals surface area contributed by atoms with Crippen molar-refractivity contribution in [2.24, 2.45) is 23.2 Å². The third-order valence-electron chi connectivity index (χ3n) is 7.35. The van der Waals surface area contributed by atoms with Crippen molar-refractivity contribution >= 4 is 11.7 Å². The zero-order valence-electron chi connectivity index (χ0n) is 15.2. The van der Waals surface area contributed by atoms with Crippen molar-refractivity contribution < 1.29 is 4.79 Å². The first-order valence-corrected chi connectivity index (χ1v) is 10.1. The molecule has 2 heterocycles. The predicted molar refractivity (Wildman–Crippen MR) is 98.2 cm³/mol. The minimum atomic E-state index is 0.00162. The van der Waals surface area contributed by atoms with E-state index in [9.17, 15) is 4.79 Å². The number of hydrogen-bond donors (Lipinski definition) is 0. The van der Waals surface area contributed by atoms with Crippen molar-refractivity contribution in [2.45, 2.75) is 51.5 Å². The van der Waals surface area contributed by atoms with Crippen molar-refractivity contribution in [3.63, 3.8) is 0 Å². The molecule has 1 amide bonds. The van der Waals surface area contributed by atoms with Crippen molar-refractivity contribution in [3.8, 4) is 0 Å². The highest BCUT2D eigenvalue weighted by Crippen LogP contribution is 2.60. The second kappa shape index (κ2) is 5.72. The molecule has 1 aliphatic heterocycles. The summed E-state index contributed by atoms with van der Waals surface area (Å²) >= 11 is 0. The maximum absolute atomic E-state index is 13.5. The van der Waals surface area contributed by atoms with Gasteiger partial charge in [0.1, 0.15) is 5.82 Å². The molecular weight excluding hydrogens is 310 g/mol. The Bertz CT molecular complexity index is 623. The summed E-state index contributed by atoms with van der Waals surface area (Å²) in [5.74, 6) is 4.03. The van der Waals surface area contributed by atoms with Crippen molar-refractivity contribution in [2.75, 3.05) is 24.5 Å². The van der Waals surface area contributed by atoms with Crippen LogP contribution in [0.4, 0.5) is 5.82 Å². The number of piperazine rings is 1. The van der Waals surface area contributed by atoms with Gasteiger partial charge in [0.2, 0.25) is 5.91 Å². The summed E-state index contributed by atoms with van der Waals surface area (Å²) < 4.78 is 0. The minimum absolute atomic E-state index is 0.00162. The third-order valence-corrected chi connectivity index (χ3v) is 7.35. The Labute approximate surface area is 150 Å². The second-order valence-electron chi connectivity index (χ2n) is 9.18. The molecule has 0 unspecified atom stereocenters. The van der Waals surface area contributed by atoms with Gasteiger partial charge in [-0.05, 0) is 75.3 Å². The lowest BCUT2D eigenvalue weighted by molar-refractivity contribution is -0.158. The molecule has 5 fully saturated rings. The van der Waals surface area contributed by atoms with E-state index in [4.69, 9.17) is 0 Å². The first-order valence-electron chi connectivity index (χ1n) is 10.1. The van der Waals surface area contributed by atoms with Gasteiger partial charge in [-0.25, -0.2) is 4.98 Å². The molecule has 1 aromatic rings. The van der Waals surface area contributed by atoms with Crippen LogP contribution in [0, 0.1) is 23.2 Å². The molecule has 6 rings (SSSR count). The Morgan fingerprint density at radius 1 is 1.08 bits per heavy atom. The van der Waals surface area contributed by atoms with Crippen LogP contribution in [0.2, 0.25) is 0 Å². The molecule has 1 atom stereocenters. The third kappa shape index (κ3) is 2.56. The average Bonchev–Trinajstić information content (AvgIpc) is 2.60. The Balaban J connectivity index is 1.31. The van der Waals surface area contributed by atoms with Gasteiger partial charge < -0.3 is 9.80 Å². The number of carbonyl (C=O) groups excluding carboxylic acids is 1. The van der Waals surface area contributed by atoms with E-state index in [1.165, 1.54) is 38.5 Å². The first-order chi connectivity index (χ1) is 12.1. The lowest BCUT2D eigenvalue weighted by Crippen LogP contribution is -2.60. The molecule has 5 aliphatic rings. The van der Waals surface area contributed by atoms with Crippen LogP contribution < -0.4 is 4.90 Å². The van der Waals surface area contributed by atoms with Crippen LogP contribution in [-0.4, -0.2) is 41.5 Å². The molecule has 0 aromatic carbocycles. The van der Waals surface area contributed by atoms with E-state index in [1.54, 1.807) is 0 Å². The Morgan fingerprint density at radius 3 is 2.32 bits per heavy atom. The number of amides is 1. The summed E-state index contributed by atoms with van der Waals surface area (Å²) in [4.78, 5) is 22.6. The standard InChI is InChI=1S/C21H29N3O/c1-15-14-23(6-7-24(15)19-4-2-3-5-22-19)20(25)21-11-16-8-17(12-21)10-18(9-16)13-21/h2-5,15-18H,6-14H2,1H3/t15-,16?,17?,18?,21?/m0/s1. The van der Waals surface area contributed by atoms with Crippen LogP contribution in [-0.2, 0) is 4.79 Å². The fourth-order valence-electron chi connectivity index (χ4n) is 6.71. The summed E-state index contributed by atoms with van der Waals surface area (Å²) in [5.41, 5.74) is 0.00162. The van der Waals surface area contributed by atoms with E-state index in [2.05, 4.69) is 27.8 Å². The van der Waals surface area contributed by atoms with Gasteiger partial charge in [0.05, 0.1) is 5.41 Å². The molecule has 134 valence electrons. The fraction of sp³-hybridized carbons (Fsp3) is 0.714. The lowest BCUT2D eigenvalue weighted by Gasteiger charge is -2.57.